The second-order valence-corrected chi connectivity index (χ2v) is 4.88. The summed E-state index contributed by atoms with van der Waals surface area (Å²) in [5.74, 6) is -0.775. The summed E-state index contributed by atoms with van der Waals surface area (Å²) < 4.78 is 13.1. The van der Waals surface area contributed by atoms with E-state index in [0.717, 1.165) is 17.5 Å². The number of hydrogen-bond acceptors (Lipinski definition) is 1. The fraction of sp³-hybridized carbons (Fsp3) is 0.500. The molecule has 2 rings (SSSR count). The van der Waals surface area contributed by atoms with Crippen LogP contribution in [0.4, 0.5) is 4.39 Å². The van der Waals surface area contributed by atoms with Crippen LogP contribution in [-0.4, -0.2) is 17.2 Å². The summed E-state index contributed by atoms with van der Waals surface area (Å²) >= 11 is 0. The third-order valence-electron chi connectivity index (χ3n) is 3.65. The summed E-state index contributed by atoms with van der Waals surface area (Å²) in [5.41, 5.74) is 0.888. The van der Waals surface area contributed by atoms with Crippen molar-refractivity contribution >= 4 is 5.97 Å². The SMILES string of the molecule is CC(F)Cc1ccccc1C1(C(=O)O)CCC1. The number of carboxylic acids is 1. The van der Waals surface area contributed by atoms with Crippen LogP contribution in [0.1, 0.15) is 37.3 Å². The van der Waals surface area contributed by atoms with Gasteiger partial charge in [-0.1, -0.05) is 30.7 Å². The van der Waals surface area contributed by atoms with Crippen LogP contribution in [0.5, 0.6) is 0 Å². The summed E-state index contributed by atoms with van der Waals surface area (Å²) in [6.07, 6.45) is 1.62. The molecule has 1 saturated carbocycles. The molecular formula is C14H17FO2. The molecular weight excluding hydrogens is 219 g/mol. The van der Waals surface area contributed by atoms with Gasteiger partial charge in [0.15, 0.2) is 0 Å². The largest absolute Gasteiger partial charge is 0.481 e. The molecule has 1 aromatic carbocycles. The predicted octanol–water partition coefficient (Wildman–Crippen LogP) is 3.09. The maximum atomic E-state index is 13.1. The molecule has 92 valence electrons. The molecule has 1 N–H and O–H groups in total. The molecule has 0 aromatic heterocycles. The Bertz CT molecular complexity index is 422. The maximum absolute atomic E-state index is 13.1. The molecule has 0 heterocycles. The van der Waals surface area contributed by atoms with E-state index < -0.39 is 17.6 Å². The van der Waals surface area contributed by atoms with Gasteiger partial charge in [-0.05, 0) is 30.9 Å². The monoisotopic (exact) mass is 236 g/mol. The Labute approximate surface area is 100 Å². The number of benzene rings is 1. The quantitative estimate of drug-likeness (QED) is 0.872. The van der Waals surface area contributed by atoms with Gasteiger partial charge in [0.05, 0.1) is 5.41 Å². The molecule has 1 atom stereocenters. The molecule has 2 nitrogen and oxygen atoms in total. The lowest BCUT2D eigenvalue weighted by molar-refractivity contribution is -0.147. The molecule has 1 aromatic rings. The van der Waals surface area contributed by atoms with E-state index in [0.29, 0.717) is 19.3 Å². The van der Waals surface area contributed by atoms with Crippen molar-refractivity contribution < 1.29 is 14.3 Å². The minimum Gasteiger partial charge on any atom is -0.481 e. The van der Waals surface area contributed by atoms with Crippen molar-refractivity contribution in [1.29, 1.82) is 0 Å². The van der Waals surface area contributed by atoms with Gasteiger partial charge in [-0.15, -0.1) is 0 Å². The first-order valence-electron chi connectivity index (χ1n) is 6.02. The Morgan fingerprint density at radius 2 is 2.12 bits per heavy atom. The third kappa shape index (κ3) is 2.06. The molecule has 17 heavy (non-hydrogen) atoms. The van der Waals surface area contributed by atoms with Gasteiger partial charge in [-0.3, -0.25) is 4.79 Å². The second kappa shape index (κ2) is 4.47. The molecule has 1 fully saturated rings. The summed E-state index contributed by atoms with van der Waals surface area (Å²) in [6.45, 7) is 1.50. The van der Waals surface area contributed by atoms with Gasteiger partial charge < -0.3 is 5.11 Å². The average molecular weight is 236 g/mol. The van der Waals surface area contributed by atoms with Gasteiger partial charge in [0.2, 0.25) is 0 Å². The number of hydrogen-bond donors (Lipinski definition) is 1. The van der Waals surface area contributed by atoms with Crippen LogP contribution in [0.15, 0.2) is 24.3 Å². The average Bonchev–Trinajstić information content (AvgIpc) is 2.17. The first-order chi connectivity index (χ1) is 8.06. The highest BCUT2D eigenvalue weighted by molar-refractivity contribution is 5.83. The van der Waals surface area contributed by atoms with Crippen LogP contribution in [0.3, 0.4) is 0 Å². The summed E-state index contributed by atoms with van der Waals surface area (Å²) in [4.78, 5) is 11.4. The Hall–Kier alpha value is -1.38. The van der Waals surface area contributed by atoms with E-state index in [4.69, 9.17) is 0 Å². The van der Waals surface area contributed by atoms with Crippen molar-refractivity contribution in [3.05, 3.63) is 35.4 Å². The molecule has 0 bridgehead atoms. The maximum Gasteiger partial charge on any atom is 0.314 e. The van der Waals surface area contributed by atoms with Crippen LogP contribution in [0, 0.1) is 0 Å². The third-order valence-corrected chi connectivity index (χ3v) is 3.65. The van der Waals surface area contributed by atoms with E-state index in [2.05, 4.69) is 0 Å². The Morgan fingerprint density at radius 3 is 2.59 bits per heavy atom. The fourth-order valence-corrected chi connectivity index (χ4v) is 2.60. The number of rotatable bonds is 4. The number of halogens is 1. The summed E-state index contributed by atoms with van der Waals surface area (Å²) in [7, 11) is 0. The Morgan fingerprint density at radius 1 is 1.47 bits per heavy atom. The van der Waals surface area contributed by atoms with Crippen molar-refractivity contribution in [1.82, 2.24) is 0 Å². The van der Waals surface area contributed by atoms with Gasteiger partial charge in [-0.25, -0.2) is 4.39 Å². The standard InChI is InChI=1S/C14H17FO2/c1-10(15)9-11-5-2-3-6-12(11)14(13(16)17)7-4-8-14/h2-3,5-6,10H,4,7-9H2,1H3,(H,16,17). The van der Waals surface area contributed by atoms with Crippen LogP contribution >= 0.6 is 0 Å². The fourth-order valence-electron chi connectivity index (χ4n) is 2.60. The summed E-state index contributed by atoms with van der Waals surface area (Å²) in [5, 5.41) is 9.40. The van der Waals surface area contributed by atoms with E-state index in [-0.39, 0.29) is 0 Å². The van der Waals surface area contributed by atoms with Crippen molar-refractivity contribution in [2.75, 3.05) is 0 Å². The zero-order valence-electron chi connectivity index (χ0n) is 9.95. The van der Waals surface area contributed by atoms with E-state index in [1.165, 1.54) is 6.92 Å². The zero-order valence-corrected chi connectivity index (χ0v) is 9.95. The highest BCUT2D eigenvalue weighted by atomic mass is 19.1. The van der Waals surface area contributed by atoms with Crippen LogP contribution in [0.25, 0.3) is 0 Å². The highest BCUT2D eigenvalue weighted by Gasteiger charge is 2.46. The van der Waals surface area contributed by atoms with E-state index in [9.17, 15) is 14.3 Å². The molecule has 0 aliphatic heterocycles. The molecule has 1 unspecified atom stereocenters. The minimum atomic E-state index is -0.943. The molecule has 1 aliphatic rings. The zero-order chi connectivity index (χ0) is 12.5. The molecule has 3 heteroatoms. The molecule has 0 amide bonds. The lowest BCUT2D eigenvalue weighted by Crippen LogP contribution is -2.43. The van der Waals surface area contributed by atoms with Gasteiger partial charge in [0.25, 0.3) is 0 Å². The Balaban J connectivity index is 2.40. The van der Waals surface area contributed by atoms with Crippen molar-refractivity contribution in [2.45, 2.75) is 44.2 Å². The molecule has 0 saturated heterocycles. The summed E-state index contributed by atoms with van der Waals surface area (Å²) in [6, 6.07) is 7.36. The predicted molar refractivity (Wildman–Crippen MR) is 63.9 cm³/mol. The minimum absolute atomic E-state index is 0.297. The second-order valence-electron chi connectivity index (χ2n) is 4.88. The van der Waals surface area contributed by atoms with Gasteiger partial charge in [0.1, 0.15) is 6.17 Å². The van der Waals surface area contributed by atoms with Crippen LogP contribution < -0.4 is 0 Å². The number of carboxylic acid groups (broad SMARTS) is 1. The van der Waals surface area contributed by atoms with Crippen LogP contribution in [-0.2, 0) is 16.6 Å². The van der Waals surface area contributed by atoms with Gasteiger partial charge in [0, 0.05) is 6.42 Å². The highest BCUT2D eigenvalue weighted by Crippen LogP contribution is 2.45. The van der Waals surface area contributed by atoms with Crippen molar-refractivity contribution in [2.24, 2.45) is 0 Å². The van der Waals surface area contributed by atoms with Crippen molar-refractivity contribution in [3.63, 3.8) is 0 Å². The van der Waals surface area contributed by atoms with Crippen molar-refractivity contribution in [3.8, 4) is 0 Å². The first kappa shape index (κ1) is 12.1. The number of aliphatic carboxylic acids is 1. The normalized spacial score (nSPS) is 19.4. The first-order valence-corrected chi connectivity index (χ1v) is 6.02. The van der Waals surface area contributed by atoms with Crippen LogP contribution in [0.2, 0.25) is 0 Å². The van der Waals surface area contributed by atoms with Gasteiger partial charge in [-0.2, -0.15) is 0 Å². The van der Waals surface area contributed by atoms with E-state index in [1.54, 1.807) is 0 Å². The molecule has 1 aliphatic carbocycles. The topological polar surface area (TPSA) is 37.3 Å². The lowest BCUT2D eigenvalue weighted by atomic mass is 9.63. The van der Waals surface area contributed by atoms with E-state index >= 15 is 0 Å². The smallest absolute Gasteiger partial charge is 0.314 e. The molecule has 0 radical (unpaired) electrons. The Kier molecular flexibility index (Phi) is 3.18. The van der Waals surface area contributed by atoms with Gasteiger partial charge >= 0.3 is 5.97 Å². The number of alkyl halides is 1. The number of carbonyl (C=O) groups is 1. The lowest BCUT2D eigenvalue weighted by Gasteiger charge is -2.39. The van der Waals surface area contributed by atoms with E-state index in [1.807, 2.05) is 24.3 Å². The molecule has 0 spiro atoms.